The monoisotopic (exact) mass is 177 g/mol. The molecule has 0 fully saturated rings. The van der Waals surface area contributed by atoms with Crippen molar-refractivity contribution in [2.24, 2.45) is 0 Å². The SMILES string of the molecule is CC1CC2=C(C=C[C+]=C2O)C(=O)O1. The minimum Gasteiger partial charge on any atom is -0.481 e. The minimum absolute atomic E-state index is 0.0565. The summed E-state index contributed by atoms with van der Waals surface area (Å²) >= 11 is 0. The summed E-state index contributed by atoms with van der Waals surface area (Å²) in [4.78, 5) is 11.3. The summed E-state index contributed by atoms with van der Waals surface area (Å²) in [6, 6.07) is 0. The topological polar surface area (TPSA) is 46.5 Å². The van der Waals surface area contributed by atoms with E-state index >= 15 is 0 Å². The third kappa shape index (κ3) is 1.23. The molecule has 1 aliphatic carbocycles. The van der Waals surface area contributed by atoms with Gasteiger partial charge < -0.3 is 9.84 Å². The average Bonchev–Trinajstić information content (AvgIpc) is 2.07. The zero-order valence-electron chi connectivity index (χ0n) is 7.20. The molecule has 0 radical (unpaired) electrons. The number of aliphatic hydroxyl groups excluding tert-OH is 1. The first-order valence-electron chi connectivity index (χ1n) is 4.12. The van der Waals surface area contributed by atoms with Crippen LogP contribution >= 0.6 is 0 Å². The number of cyclic esters (lactones) is 1. The van der Waals surface area contributed by atoms with Gasteiger partial charge in [0, 0.05) is 0 Å². The molecular weight excluding hydrogens is 168 g/mol. The molecule has 0 spiro atoms. The molecule has 0 bridgehead atoms. The number of rotatable bonds is 0. The summed E-state index contributed by atoms with van der Waals surface area (Å²) < 4.78 is 5.00. The third-order valence-electron chi connectivity index (χ3n) is 2.10. The summed E-state index contributed by atoms with van der Waals surface area (Å²) in [7, 11) is 0. The molecule has 1 unspecified atom stereocenters. The van der Waals surface area contributed by atoms with Crippen molar-refractivity contribution in [3.05, 3.63) is 35.1 Å². The van der Waals surface area contributed by atoms with Gasteiger partial charge in [0.25, 0.3) is 5.76 Å². The number of carbonyl (C=O) groups is 1. The van der Waals surface area contributed by atoms with Gasteiger partial charge in [-0.1, -0.05) is 0 Å². The summed E-state index contributed by atoms with van der Waals surface area (Å²) in [6.07, 6.45) is 6.18. The lowest BCUT2D eigenvalue weighted by Crippen LogP contribution is -2.25. The van der Waals surface area contributed by atoms with Crippen LogP contribution in [0.1, 0.15) is 13.3 Å². The van der Waals surface area contributed by atoms with E-state index in [1.807, 2.05) is 0 Å². The molecule has 2 aliphatic rings. The fourth-order valence-electron chi connectivity index (χ4n) is 1.49. The second-order valence-electron chi connectivity index (χ2n) is 3.14. The normalized spacial score (nSPS) is 26.1. The van der Waals surface area contributed by atoms with Gasteiger partial charge in [0.05, 0.1) is 18.6 Å². The molecule has 0 saturated heterocycles. The van der Waals surface area contributed by atoms with E-state index in [4.69, 9.17) is 4.74 Å². The second kappa shape index (κ2) is 2.71. The van der Waals surface area contributed by atoms with Crippen molar-refractivity contribution in [3.63, 3.8) is 0 Å². The smallest absolute Gasteiger partial charge is 0.366 e. The van der Waals surface area contributed by atoms with Gasteiger partial charge in [0.2, 0.25) is 0 Å². The molecule has 1 N–H and O–H groups in total. The zero-order valence-corrected chi connectivity index (χ0v) is 7.20. The van der Waals surface area contributed by atoms with Gasteiger partial charge in [-0.05, 0) is 6.92 Å². The number of carbonyl (C=O) groups excluding carboxylic acids is 1. The Labute approximate surface area is 76.0 Å². The lowest BCUT2D eigenvalue weighted by Gasteiger charge is -2.18. The van der Waals surface area contributed by atoms with Crippen LogP contribution in [0.4, 0.5) is 0 Å². The van der Waals surface area contributed by atoms with E-state index in [0.29, 0.717) is 17.6 Å². The van der Waals surface area contributed by atoms with E-state index in [9.17, 15) is 9.90 Å². The Hall–Kier alpha value is -1.60. The highest BCUT2D eigenvalue weighted by atomic mass is 16.5. The Morgan fingerprint density at radius 1 is 1.69 bits per heavy atom. The Kier molecular flexibility index (Phi) is 1.67. The van der Waals surface area contributed by atoms with E-state index in [0.717, 1.165) is 0 Å². The van der Waals surface area contributed by atoms with Crippen LogP contribution in [-0.4, -0.2) is 17.2 Å². The van der Waals surface area contributed by atoms with E-state index in [-0.39, 0.29) is 17.8 Å². The predicted octanol–water partition coefficient (Wildman–Crippen LogP) is 1.43. The number of hydrogen-bond donors (Lipinski definition) is 1. The molecule has 0 aromatic rings. The maximum atomic E-state index is 11.3. The average molecular weight is 177 g/mol. The fraction of sp³-hybridized carbons (Fsp3) is 0.300. The molecule has 1 heterocycles. The van der Waals surface area contributed by atoms with Crippen LogP contribution < -0.4 is 0 Å². The Morgan fingerprint density at radius 2 is 2.46 bits per heavy atom. The maximum Gasteiger partial charge on any atom is 0.366 e. The van der Waals surface area contributed by atoms with Gasteiger partial charge in [-0.2, -0.15) is 0 Å². The molecule has 3 nitrogen and oxygen atoms in total. The van der Waals surface area contributed by atoms with E-state index in [2.05, 4.69) is 6.08 Å². The van der Waals surface area contributed by atoms with Crippen LogP contribution in [0.3, 0.4) is 0 Å². The number of allylic oxidation sites excluding steroid dienone is 3. The van der Waals surface area contributed by atoms with Crippen molar-refractivity contribution in [2.45, 2.75) is 19.4 Å². The van der Waals surface area contributed by atoms with E-state index in [1.165, 1.54) is 6.08 Å². The van der Waals surface area contributed by atoms with Crippen LogP contribution in [0.15, 0.2) is 29.1 Å². The molecule has 3 heteroatoms. The first kappa shape index (κ1) is 8.02. The van der Waals surface area contributed by atoms with Gasteiger partial charge in [-0.3, -0.25) is 0 Å². The number of hydrogen-bond acceptors (Lipinski definition) is 3. The molecule has 0 aromatic carbocycles. The highest BCUT2D eigenvalue weighted by molar-refractivity contribution is 5.94. The van der Waals surface area contributed by atoms with Crippen molar-refractivity contribution in [2.75, 3.05) is 0 Å². The van der Waals surface area contributed by atoms with Crippen molar-refractivity contribution >= 4 is 5.97 Å². The molecular formula is C10H9O3+. The van der Waals surface area contributed by atoms with Crippen molar-refractivity contribution < 1.29 is 14.6 Å². The molecule has 1 aliphatic heterocycles. The van der Waals surface area contributed by atoms with Crippen LogP contribution in [0.2, 0.25) is 0 Å². The molecule has 0 saturated carbocycles. The molecule has 1 atom stereocenters. The third-order valence-corrected chi connectivity index (χ3v) is 2.10. The predicted molar refractivity (Wildman–Crippen MR) is 45.7 cm³/mol. The fourth-order valence-corrected chi connectivity index (χ4v) is 1.49. The largest absolute Gasteiger partial charge is 0.481 e. The quantitative estimate of drug-likeness (QED) is 0.449. The zero-order chi connectivity index (χ0) is 9.42. The first-order chi connectivity index (χ1) is 6.18. The van der Waals surface area contributed by atoms with Crippen LogP contribution in [0.25, 0.3) is 0 Å². The highest BCUT2D eigenvalue weighted by Crippen LogP contribution is 2.28. The number of aliphatic hydroxyl groups is 1. The molecule has 0 amide bonds. The number of ether oxygens (including phenoxy) is 1. The van der Waals surface area contributed by atoms with E-state index < -0.39 is 0 Å². The molecule has 66 valence electrons. The van der Waals surface area contributed by atoms with E-state index in [1.54, 1.807) is 13.0 Å². The van der Waals surface area contributed by atoms with Crippen LogP contribution in [0, 0.1) is 6.08 Å². The van der Waals surface area contributed by atoms with Crippen LogP contribution in [0.5, 0.6) is 0 Å². The maximum absolute atomic E-state index is 11.3. The summed E-state index contributed by atoms with van der Waals surface area (Å²) in [6.45, 7) is 1.80. The lowest BCUT2D eigenvalue weighted by atomic mass is 9.94. The molecule has 2 rings (SSSR count). The van der Waals surface area contributed by atoms with Gasteiger partial charge in [0.1, 0.15) is 17.8 Å². The summed E-state index contributed by atoms with van der Waals surface area (Å²) in [5.74, 6) is -0.306. The van der Waals surface area contributed by atoms with Crippen molar-refractivity contribution in [3.8, 4) is 0 Å². The Balaban J connectivity index is 2.47. The van der Waals surface area contributed by atoms with Gasteiger partial charge in [-0.15, -0.1) is 0 Å². The molecule has 13 heavy (non-hydrogen) atoms. The Bertz CT molecular complexity index is 347. The van der Waals surface area contributed by atoms with Crippen molar-refractivity contribution in [1.82, 2.24) is 0 Å². The summed E-state index contributed by atoms with van der Waals surface area (Å²) in [5.41, 5.74) is 1.10. The van der Waals surface area contributed by atoms with Gasteiger partial charge in [-0.25, -0.2) is 4.79 Å². The first-order valence-corrected chi connectivity index (χ1v) is 4.12. The molecule has 0 aromatic heterocycles. The standard InChI is InChI=1S/C10H8O3/c1-6-5-8-7(10(12)13-6)3-2-4-9(8)11/h2-3,6H,5H2,1H3/p+1. The second-order valence-corrected chi connectivity index (χ2v) is 3.14. The number of esters is 1. The highest BCUT2D eigenvalue weighted by Gasteiger charge is 2.35. The van der Waals surface area contributed by atoms with Crippen LogP contribution in [-0.2, 0) is 9.53 Å². The van der Waals surface area contributed by atoms with Gasteiger partial charge >= 0.3 is 5.97 Å². The van der Waals surface area contributed by atoms with Gasteiger partial charge in [0.15, 0.2) is 5.57 Å². The lowest BCUT2D eigenvalue weighted by molar-refractivity contribution is -0.144. The minimum atomic E-state index is -0.363. The Morgan fingerprint density at radius 3 is 3.23 bits per heavy atom. The summed E-state index contributed by atoms with van der Waals surface area (Å²) in [5, 5.41) is 9.43. The van der Waals surface area contributed by atoms with Crippen molar-refractivity contribution in [1.29, 1.82) is 0 Å².